The van der Waals surface area contributed by atoms with Crippen molar-refractivity contribution < 1.29 is 9.59 Å². The summed E-state index contributed by atoms with van der Waals surface area (Å²) in [5.41, 5.74) is 2.48. The van der Waals surface area contributed by atoms with Gasteiger partial charge in [0.05, 0.1) is 12.6 Å². The fourth-order valence-electron chi connectivity index (χ4n) is 2.84. The van der Waals surface area contributed by atoms with Gasteiger partial charge in [-0.15, -0.1) is 0 Å². The maximum atomic E-state index is 12.5. The predicted octanol–water partition coefficient (Wildman–Crippen LogP) is 0.0494. The zero-order valence-electron chi connectivity index (χ0n) is 11.4. The van der Waals surface area contributed by atoms with Crippen molar-refractivity contribution in [3.8, 4) is 0 Å². The van der Waals surface area contributed by atoms with Crippen LogP contribution in [0.3, 0.4) is 0 Å². The van der Waals surface area contributed by atoms with Gasteiger partial charge >= 0.3 is 0 Å². The summed E-state index contributed by atoms with van der Waals surface area (Å²) in [5, 5.41) is 6.08. The van der Waals surface area contributed by atoms with Crippen molar-refractivity contribution in [2.75, 3.05) is 19.6 Å². The summed E-state index contributed by atoms with van der Waals surface area (Å²) in [5.74, 6) is -0.0244. The van der Waals surface area contributed by atoms with Crippen molar-refractivity contribution in [3.05, 3.63) is 35.4 Å². The molecule has 0 unspecified atom stereocenters. The fourth-order valence-corrected chi connectivity index (χ4v) is 2.84. The first-order chi connectivity index (χ1) is 9.74. The molecule has 2 N–H and O–H groups in total. The number of benzene rings is 1. The summed E-state index contributed by atoms with van der Waals surface area (Å²) in [6, 6.07) is 7.97. The zero-order valence-corrected chi connectivity index (χ0v) is 11.4. The molecule has 0 aliphatic carbocycles. The summed E-state index contributed by atoms with van der Waals surface area (Å²) in [6.45, 7) is 2.20. The molecule has 1 saturated heterocycles. The molecule has 2 aliphatic rings. The van der Waals surface area contributed by atoms with E-state index in [1.54, 1.807) is 4.90 Å². The van der Waals surface area contributed by atoms with Gasteiger partial charge in [0.2, 0.25) is 11.8 Å². The SMILES string of the molecule is O=C1CN(C(=O)[C@H]2Cc3ccccc3CN2)CCCN1. The van der Waals surface area contributed by atoms with Crippen molar-refractivity contribution in [3.63, 3.8) is 0 Å². The quantitative estimate of drug-likeness (QED) is 0.760. The number of carbonyl (C=O) groups is 2. The van der Waals surface area contributed by atoms with Gasteiger partial charge in [0.1, 0.15) is 0 Å². The highest BCUT2D eigenvalue weighted by Crippen LogP contribution is 2.17. The number of hydrogen-bond donors (Lipinski definition) is 2. The monoisotopic (exact) mass is 273 g/mol. The van der Waals surface area contributed by atoms with Crippen LogP contribution in [0.1, 0.15) is 17.5 Å². The van der Waals surface area contributed by atoms with Crippen LogP contribution in [0.4, 0.5) is 0 Å². The molecule has 2 amide bonds. The third-order valence-electron chi connectivity index (χ3n) is 3.95. The lowest BCUT2D eigenvalue weighted by atomic mass is 9.95. The minimum Gasteiger partial charge on any atom is -0.354 e. The number of rotatable bonds is 1. The summed E-state index contributed by atoms with van der Waals surface area (Å²) < 4.78 is 0. The van der Waals surface area contributed by atoms with Gasteiger partial charge in [-0.1, -0.05) is 24.3 Å². The van der Waals surface area contributed by atoms with Gasteiger partial charge < -0.3 is 15.5 Å². The molecule has 0 aromatic heterocycles. The van der Waals surface area contributed by atoms with Crippen LogP contribution in [0.15, 0.2) is 24.3 Å². The Labute approximate surface area is 118 Å². The van der Waals surface area contributed by atoms with E-state index in [1.807, 2.05) is 12.1 Å². The molecule has 0 bridgehead atoms. The first-order valence-electron chi connectivity index (χ1n) is 7.10. The van der Waals surface area contributed by atoms with E-state index in [9.17, 15) is 9.59 Å². The van der Waals surface area contributed by atoms with Crippen LogP contribution >= 0.6 is 0 Å². The van der Waals surface area contributed by atoms with Crippen molar-refractivity contribution in [1.82, 2.24) is 15.5 Å². The molecule has 0 spiro atoms. The smallest absolute Gasteiger partial charge is 0.240 e. The van der Waals surface area contributed by atoms with E-state index in [1.165, 1.54) is 11.1 Å². The van der Waals surface area contributed by atoms with Crippen LogP contribution in [-0.4, -0.2) is 42.4 Å². The molecule has 2 aliphatic heterocycles. The van der Waals surface area contributed by atoms with Crippen LogP contribution in [0.5, 0.6) is 0 Å². The fraction of sp³-hybridized carbons (Fsp3) is 0.467. The lowest BCUT2D eigenvalue weighted by Gasteiger charge is -2.29. The standard InChI is InChI=1S/C15H19N3O2/c19-14-10-18(7-3-6-16-14)15(20)13-8-11-4-1-2-5-12(11)9-17-13/h1-2,4-5,13,17H,3,6-10H2,(H,16,19)/t13-/m1/s1. The maximum Gasteiger partial charge on any atom is 0.240 e. The lowest BCUT2D eigenvalue weighted by Crippen LogP contribution is -2.50. The summed E-state index contributed by atoms with van der Waals surface area (Å²) in [7, 11) is 0. The molecule has 0 radical (unpaired) electrons. The van der Waals surface area contributed by atoms with Crippen molar-refractivity contribution in [2.24, 2.45) is 0 Å². The first-order valence-corrected chi connectivity index (χ1v) is 7.10. The van der Waals surface area contributed by atoms with Gasteiger partial charge in [-0.25, -0.2) is 0 Å². The van der Waals surface area contributed by atoms with Crippen molar-refractivity contribution in [2.45, 2.75) is 25.4 Å². The third kappa shape index (κ3) is 2.67. The summed E-state index contributed by atoms with van der Waals surface area (Å²) in [6.07, 6.45) is 1.52. The van der Waals surface area contributed by atoms with Gasteiger partial charge in [-0.2, -0.15) is 0 Å². The van der Waals surface area contributed by atoms with Gasteiger partial charge in [0.15, 0.2) is 0 Å². The van der Waals surface area contributed by atoms with E-state index in [-0.39, 0.29) is 24.4 Å². The molecule has 1 atom stereocenters. The molecule has 1 fully saturated rings. The molecular formula is C15H19N3O2. The van der Waals surface area contributed by atoms with Gasteiger partial charge in [-0.05, 0) is 24.0 Å². The molecule has 5 nitrogen and oxygen atoms in total. The van der Waals surface area contributed by atoms with Gasteiger partial charge in [0.25, 0.3) is 0 Å². The van der Waals surface area contributed by atoms with Gasteiger partial charge in [-0.3, -0.25) is 9.59 Å². The summed E-state index contributed by atoms with van der Waals surface area (Å²) in [4.78, 5) is 25.8. The molecule has 1 aromatic carbocycles. The number of fused-ring (bicyclic) bond motifs is 1. The minimum absolute atomic E-state index is 0.0385. The number of hydrogen-bond acceptors (Lipinski definition) is 3. The zero-order chi connectivity index (χ0) is 13.9. The molecule has 3 rings (SSSR count). The second kappa shape index (κ2) is 5.63. The van der Waals surface area contributed by atoms with E-state index < -0.39 is 0 Å². The normalized spacial score (nSPS) is 22.7. The number of amides is 2. The molecule has 5 heteroatoms. The minimum atomic E-state index is -0.212. The van der Waals surface area contributed by atoms with E-state index >= 15 is 0 Å². The van der Waals surface area contributed by atoms with Crippen LogP contribution < -0.4 is 10.6 Å². The molecule has 1 aromatic rings. The van der Waals surface area contributed by atoms with Crippen molar-refractivity contribution >= 4 is 11.8 Å². The molecule has 106 valence electrons. The lowest BCUT2D eigenvalue weighted by molar-refractivity contribution is -0.137. The first kappa shape index (κ1) is 13.1. The number of carbonyl (C=O) groups excluding carboxylic acids is 2. The molecule has 2 heterocycles. The van der Waals surface area contributed by atoms with Crippen LogP contribution in [0, 0.1) is 0 Å². The van der Waals surface area contributed by atoms with Crippen LogP contribution in [-0.2, 0) is 22.6 Å². The Hall–Kier alpha value is -1.88. The topological polar surface area (TPSA) is 61.4 Å². The Kier molecular flexibility index (Phi) is 3.69. The average Bonchev–Trinajstić information content (AvgIpc) is 2.70. The average molecular weight is 273 g/mol. The van der Waals surface area contributed by atoms with E-state index in [2.05, 4.69) is 22.8 Å². The highest BCUT2D eigenvalue weighted by atomic mass is 16.2. The van der Waals surface area contributed by atoms with Crippen molar-refractivity contribution in [1.29, 1.82) is 0 Å². The highest BCUT2D eigenvalue weighted by Gasteiger charge is 2.29. The second-order valence-corrected chi connectivity index (χ2v) is 5.37. The number of nitrogens with zero attached hydrogens (tertiary/aromatic N) is 1. The molecular weight excluding hydrogens is 254 g/mol. The molecule has 20 heavy (non-hydrogen) atoms. The Bertz CT molecular complexity index is 530. The highest BCUT2D eigenvalue weighted by molar-refractivity contribution is 5.88. The second-order valence-electron chi connectivity index (χ2n) is 5.37. The van der Waals surface area contributed by atoms with E-state index in [0.717, 1.165) is 6.42 Å². The van der Waals surface area contributed by atoms with E-state index in [0.29, 0.717) is 26.1 Å². The van der Waals surface area contributed by atoms with Gasteiger partial charge in [0, 0.05) is 19.6 Å². The summed E-state index contributed by atoms with van der Waals surface area (Å²) >= 11 is 0. The maximum absolute atomic E-state index is 12.5. The Balaban J connectivity index is 1.70. The van der Waals surface area contributed by atoms with E-state index in [4.69, 9.17) is 0 Å². The molecule has 0 saturated carbocycles. The third-order valence-corrected chi connectivity index (χ3v) is 3.95. The largest absolute Gasteiger partial charge is 0.354 e. The van der Waals surface area contributed by atoms with Crippen LogP contribution in [0.25, 0.3) is 0 Å². The predicted molar refractivity (Wildman–Crippen MR) is 75.0 cm³/mol. The Morgan fingerprint density at radius 1 is 1.25 bits per heavy atom. The number of nitrogens with one attached hydrogen (secondary N) is 2. The Morgan fingerprint density at radius 3 is 2.90 bits per heavy atom. The Morgan fingerprint density at radius 2 is 2.05 bits per heavy atom. The van der Waals surface area contributed by atoms with Crippen LogP contribution in [0.2, 0.25) is 0 Å².